The van der Waals surface area contributed by atoms with Crippen molar-refractivity contribution in [3.8, 4) is 0 Å². The monoisotopic (exact) mass is 339 g/mol. The Balaban J connectivity index is 2.08. The van der Waals surface area contributed by atoms with Crippen LogP contribution in [0.1, 0.15) is 17.4 Å². The summed E-state index contributed by atoms with van der Waals surface area (Å²) in [6, 6.07) is 12.8. The number of benzene rings is 2. The Bertz CT molecular complexity index is 777. The van der Waals surface area contributed by atoms with E-state index in [2.05, 4.69) is 5.32 Å². The van der Waals surface area contributed by atoms with E-state index in [1.54, 1.807) is 6.07 Å². The van der Waals surface area contributed by atoms with Crippen molar-refractivity contribution in [2.75, 3.05) is 7.05 Å². The second-order valence-corrected chi connectivity index (χ2v) is 6.06. The second kappa shape index (κ2) is 5.90. The van der Waals surface area contributed by atoms with Gasteiger partial charge in [0.2, 0.25) is 0 Å². The van der Waals surface area contributed by atoms with Gasteiger partial charge in [0, 0.05) is 20.5 Å². The van der Waals surface area contributed by atoms with E-state index in [-0.39, 0.29) is 6.04 Å². The topological polar surface area (TPSA) is 25.2 Å². The van der Waals surface area contributed by atoms with E-state index in [1.165, 1.54) is 0 Å². The smallest absolute Gasteiger partial charge is 0.134 e. The Morgan fingerprint density at radius 3 is 2.29 bits per heavy atom. The quantitative estimate of drug-likeness (QED) is 0.661. The maximum absolute atomic E-state index is 6.08. The van der Waals surface area contributed by atoms with Crippen LogP contribution in [0, 0.1) is 0 Å². The minimum atomic E-state index is -0.132. The molecule has 1 N–H and O–H groups in total. The molecule has 0 saturated heterocycles. The first-order valence-electron chi connectivity index (χ1n) is 6.39. The summed E-state index contributed by atoms with van der Waals surface area (Å²) in [6.45, 7) is 0. The van der Waals surface area contributed by atoms with Gasteiger partial charge in [0.15, 0.2) is 0 Å². The molecule has 0 aliphatic carbocycles. The summed E-state index contributed by atoms with van der Waals surface area (Å²) in [7, 11) is 1.86. The summed E-state index contributed by atoms with van der Waals surface area (Å²) >= 11 is 18.2. The molecule has 0 fully saturated rings. The zero-order chi connectivity index (χ0) is 15.0. The fourth-order valence-corrected chi connectivity index (χ4v) is 3.12. The molecule has 0 saturated carbocycles. The predicted molar refractivity (Wildman–Crippen MR) is 88.6 cm³/mol. The van der Waals surface area contributed by atoms with E-state index in [9.17, 15) is 0 Å². The van der Waals surface area contributed by atoms with Gasteiger partial charge in [-0.2, -0.15) is 0 Å². The molecule has 0 amide bonds. The van der Waals surface area contributed by atoms with Crippen molar-refractivity contribution < 1.29 is 4.42 Å². The minimum Gasteiger partial charge on any atom is -0.459 e. The largest absolute Gasteiger partial charge is 0.459 e. The number of hydrogen-bond acceptors (Lipinski definition) is 2. The number of halogens is 3. The standard InChI is InChI=1S/C16H12Cl3NO/c1-20-16(10-5-12(18)8-13(19)6-10)15-7-9-4-11(17)2-3-14(9)21-15/h2-8,16,20H,1H3. The fourth-order valence-electron chi connectivity index (χ4n) is 2.39. The molecule has 0 radical (unpaired) electrons. The molecule has 0 bridgehead atoms. The molecule has 1 heterocycles. The molecule has 21 heavy (non-hydrogen) atoms. The zero-order valence-corrected chi connectivity index (χ0v) is 13.4. The highest BCUT2D eigenvalue weighted by Crippen LogP contribution is 2.32. The molecule has 108 valence electrons. The van der Waals surface area contributed by atoms with Crippen molar-refractivity contribution in [2.45, 2.75) is 6.04 Å². The third-order valence-corrected chi connectivity index (χ3v) is 3.96. The number of nitrogens with one attached hydrogen (secondary N) is 1. The maximum atomic E-state index is 6.08. The van der Waals surface area contributed by atoms with Gasteiger partial charge in [-0.05, 0) is 55.1 Å². The Labute approximate surface area is 137 Å². The summed E-state index contributed by atoms with van der Waals surface area (Å²) < 4.78 is 5.90. The van der Waals surface area contributed by atoms with Gasteiger partial charge >= 0.3 is 0 Å². The number of furan rings is 1. The van der Waals surface area contributed by atoms with Crippen LogP contribution in [0.5, 0.6) is 0 Å². The van der Waals surface area contributed by atoms with E-state index < -0.39 is 0 Å². The van der Waals surface area contributed by atoms with Crippen LogP contribution in [-0.2, 0) is 0 Å². The van der Waals surface area contributed by atoms with E-state index in [0.29, 0.717) is 15.1 Å². The fraction of sp³-hybridized carbons (Fsp3) is 0.125. The Morgan fingerprint density at radius 2 is 1.62 bits per heavy atom. The van der Waals surface area contributed by atoms with Crippen LogP contribution in [0.25, 0.3) is 11.0 Å². The summed E-state index contributed by atoms with van der Waals surface area (Å²) in [5.41, 5.74) is 1.74. The van der Waals surface area contributed by atoms with Crippen LogP contribution in [-0.4, -0.2) is 7.05 Å². The van der Waals surface area contributed by atoms with Crippen molar-refractivity contribution in [3.63, 3.8) is 0 Å². The van der Waals surface area contributed by atoms with Crippen molar-refractivity contribution in [2.24, 2.45) is 0 Å². The third-order valence-electron chi connectivity index (χ3n) is 3.29. The SMILES string of the molecule is CNC(c1cc(Cl)cc(Cl)c1)c1cc2cc(Cl)ccc2o1. The van der Waals surface area contributed by atoms with Gasteiger partial charge in [-0.25, -0.2) is 0 Å². The average molecular weight is 341 g/mol. The Morgan fingerprint density at radius 1 is 0.905 bits per heavy atom. The number of rotatable bonds is 3. The van der Waals surface area contributed by atoms with Crippen LogP contribution in [0.3, 0.4) is 0 Å². The lowest BCUT2D eigenvalue weighted by Crippen LogP contribution is -2.16. The summed E-state index contributed by atoms with van der Waals surface area (Å²) in [4.78, 5) is 0. The lowest BCUT2D eigenvalue weighted by molar-refractivity contribution is 0.491. The normalized spacial score (nSPS) is 12.8. The van der Waals surface area contributed by atoms with Crippen LogP contribution >= 0.6 is 34.8 Å². The highest BCUT2D eigenvalue weighted by molar-refractivity contribution is 6.34. The van der Waals surface area contributed by atoms with Crippen molar-refractivity contribution in [3.05, 3.63) is 68.9 Å². The molecule has 2 nitrogen and oxygen atoms in total. The number of hydrogen-bond donors (Lipinski definition) is 1. The van der Waals surface area contributed by atoms with E-state index >= 15 is 0 Å². The molecule has 0 aliphatic rings. The van der Waals surface area contributed by atoms with Crippen molar-refractivity contribution >= 4 is 45.8 Å². The first-order chi connectivity index (χ1) is 10.1. The van der Waals surface area contributed by atoms with Gasteiger partial charge in [-0.1, -0.05) is 34.8 Å². The molecule has 3 rings (SSSR count). The molecule has 0 aliphatic heterocycles. The van der Waals surface area contributed by atoms with E-state index in [4.69, 9.17) is 39.2 Å². The van der Waals surface area contributed by atoms with Crippen LogP contribution in [0.2, 0.25) is 15.1 Å². The maximum Gasteiger partial charge on any atom is 0.134 e. The molecule has 1 aromatic heterocycles. The van der Waals surface area contributed by atoms with Gasteiger partial charge in [-0.3, -0.25) is 0 Å². The van der Waals surface area contributed by atoms with Crippen LogP contribution < -0.4 is 5.32 Å². The molecule has 1 atom stereocenters. The predicted octanol–water partition coefficient (Wildman–Crippen LogP) is 5.70. The first-order valence-corrected chi connectivity index (χ1v) is 7.52. The molecule has 0 spiro atoms. The molecule has 1 unspecified atom stereocenters. The van der Waals surface area contributed by atoms with Crippen LogP contribution in [0.4, 0.5) is 0 Å². The van der Waals surface area contributed by atoms with Gasteiger partial charge in [0.05, 0.1) is 6.04 Å². The second-order valence-electron chi connectivity index (χ2n) is 4.76. The van der Waals surface area contributed by atoms with Gasteiger partial charge < -0.3 is 9.73 Å². The molecular formula is C16H12Cl3NO. The van der Waals surface area contributed by atoms with Gasteiger partial charge in [0.1, 0.15) is 11.3 Å². The Kier molecular flexibility index (Phi) is 4.14. The number of fused-ring (bicyclic) bond motifs is 1. The summed E-state index contributed by atoms with van der Waals surface area (Å²) in [6.07, 6.45) is 0. The third kappa shape index (κ3) is 3.04. The molecule has 5 heteroatoms. The van der Waals surface area contributed by atoms with Crippen molar-refractivity contribution in [1.29, 1.82) is 0 Å². The van der Waals surface area contributed by atoms with Crippen molar-refractivity contribution in [1.82, 2.24) is 5.32 Å². The van der Waals surface area contributed by atoms with Crippen LogP contribution in [0.15, 0.2) is 46.9 Å². The first kappa shape index (κ1) is 14.7. The lowest BCUT2D eigenvalue weighted by atomic mass is 10.0. The summed E-state index contributed by atoms with van der Waals surface area (Å²) in [5.74, 6) is 0.785. The molecule has 2 aromatic carbocycles. The molecule has 3 aromatic rings. The van der Waals surface area contributed by atoms with Gasteiger partial charge in [0.25, 0.3) is 0 Å². The zero-order valence-electron chi connectivity index (χ0n) is 11.2. The minimum absolute atomic E-state index is 0.132. The lowest BCUT2D eigenvalue weighted by Gasteiger charge is -2.14. The highest BCUT2D eigenvalue weighted by atomic mass is 35.5. The van der Waals surface area contributed by atoms with E-state index in [0.717, 1.165) is 22.3 Å². The van der Waals surface area contributed by atoms with Gasteiger partial charge in [-0.15, -0.1) is 0 Å². The van der Waals surface area contributed by atoms with E-state index in [1.807, 2.05) is 43.4 Å². The molecular weight excluding hydrogens is 329 g/mol. The average Bonchev–Trinajstić information content (AvgIpc) is 2.81. The Hall–Kier alpha value is -1.19. The summed E-state index contributed by atoms with van der Waals surface area (Å²) in [5, 5.41) is 6.06. The highest BCUT2D eigenvalue weighted by Gasteiger charge is 2.18.